The summed E-state index contributed by atoms with van der Waals surface area (Å²) in [5.41, 5.74) is 6.17. The van der Waals surface area contributed by atoms with Gasteiger partial charge in [-0.3, -0.25) is 9.59 Å². The van der Waals surface area contributed by atoms with Crippen molar-refractivity contribution in [2.24, 2.45) is 5.73 Å². The zero-order chi connectivity index (χ0) is 15.2. The Labute approximate surface area is 130 Å². The van der Waals surface area contributed by atoms with Gasteiger partial charge in [-0.25, -0.2) is 0 Å². The van der Waals surface area contributed by atoms with E-state index >= 15 is 0 Å². The van der Waals surface area contributed by atoms with Crippen molar-refractivity contribution in [1.82, 2.24) is 0 Å². The van der Waals surface area contributed by atoms with E-state index < -0.39 is 5.91 Å². The molecule has 0 aliphatic carbocycles. The summed E-state index contributed by atoms with van der Waals surface area (Å²) < 4.78 is 6.01. The molecule has 0 heterocycles. The molecule has 0 atom stereocenters. The van der Waals surface area contributed by atoms with Gasteiger partial charge < -0.3 is 15.8 Å². The monoisotopic (exact) mass is 348 g/mol. The Balaban J connectivity index is 2.01. The van der Waals surface area contributed by atoms with Crippen LogP contribution in [0.3, 0.4) is 0 Å². The van der Waals surface area contributed by atoms with Gasteiger partial charge in [-0.1, -0.05) is 22.0 Å². The van der Waals surface area contributed by atoms with E-state index in [4.69, 9.17) is 10.5 Å². The number of hydrogen-bond donors (Lipinski definition) is 2. The summed E-state index contributed by atoms with van der Waals surface area (Å²) in [7, 11) is 0. The minimum atomic E-state index is -0.550. The average Bonchev–Trinajstić information content (AvgIpc) is 2.45. The first-order valence-corrected chi connectivity index (χ1v) is 6.92. The van der Waals surface area contributed by atoms with Crippen LogP contribution in [-0.4, -0.2) is 18.4 Å². The Morgan fingerprint density at radius 1 is 1.14 bits per heavy atom. The summed E-state index contributed by atoms with van der Waals surface area (Å²) in [4.78, 5) is 22.7. The number of hydrogen-bond acceptors (Lipinski definition) is 3. The molecule has 0 aromatic heterocycles. The molecule has 0 aliphatic heterocycles. The van der Waals surface area contributed by atoms with Gasteiger partial charge in [-0.15, -0.1) is 0 Å². The lowest BCUT2D eigenvalue weighted by Crippen LogP contribution is -2.20. The molecule has 0 saturated carbocycles. The maximum atomic E-state index is 12.1. The van der Waals surface area contributed by atoms with E-state index in [1.165, 1.54) is 0 Å². The zero-order valence-corrected chi connectivity index (χ0v) is 12.6. The number of nitrogens with two attached hydrogens (primary N) is 1. The Morgan fingerprint density at radius 3 is 2.48 bits per heavy atom. The number of carbonyl (C=O) groups excluding carboxylic acids is 2. The van der Waals surface area contributed by atoms with Gasteiger partial charge in [0, 0.05) is 15.7 Å². The fraction of sp³-hybridized carbons (Fsp3) is 0.0667. The summed E-state index contributed by atoms with van der Waals surface area (Å²) in [6, 6.07) is 13.8. The highest BCUT2D eigenvalue weighted by atomic mass is 79.9. The lowest BCUT2D eigenvalue weighted by Gasteiger charge is -2.07. The molecule has 5 nitrogen and oxygen atoms in total. The summed E-state index contributed by atoms with van der Waals surface area (Å²) in [6.07, 6.45) is 0. The lowest BCUT2D eigenvalue weighted by molar-refractivity contribution is -0.119. The number of rotatable bonds is 5. The van der Waals surface area contributed by atoms with Gasteiger partial charge in [-0.2, -0.15) is 0 Å². The largest absolute Gasteiger partial charge is 0.484 e. The molecule has 0 aliphatic rings. The number of halogens is 1. The van der Waals surface area contributed by atoms with E-state index in [9.17, 15) is 9.59 Å². The van der Waals surface area contributed by atoms with Crippen LogP contribution in [0.25, 0.3) is 0 Å². The van der Waals surface area contributed by atoms with Crippen molar-refractivity contribution < 1.29 is 14.3 Å². The first-order valence-electron chi connectivity index (χ1n) is 6.12. The molecule has 2 amide bonds. The number of benzene rings is 2. The molecule has 0 radical (unpaired) electrons. The van der Waals surface area contributed by atoms with Gasteiger partial charge in [0.05, 0.1) is 0 Å². The summed E-state index contributed by atoms with van der Waals surface area (Å²) in [6.45, 7) is -0.191. The van der Waals surface area contributed by atoms with Crippen molar-refractivity contribution in [2.75, 3.05) is 11.9 Å². The van der Waals surface area contributed by atoms with Crippen molar-refractivity contribution in [3.63, 3.8) is 0 Å². The molecular weight excluding hydrogens is 336 g/mol. The van der Waals surface area contributed by atoms with E-state index in [0.717, 1.165) is 4.47 Å². The third kappa shape index (κ3) is 4.61. The number of nitrogens with one attached hydrogen (secondary N) is 1. The van der Waals surface area contributed by atoms with Gasteiger partial charge >= 0.3 is 0 Å². The quantitative estimate of drug-likeness (QED) is 0.871. The zero-order valence-electron chi connectivity index (χ0n) is 11.0. The Hall–Kier alpha value is -2.34. The minimum Gasteiger partial charge on any atom is -0.484 e. The number of anilines is 1. The molecule has 2 rings (SSSR count). The number of carbonyl (C=O) groups is 2. The maximum absolute atomic E-state index is 12.1. The van der Waals surface area contributed by atoms with Gasteiger partial charge in [0.2, 0.25) is 0 Å². The average molecular weight is 349 g/mol. The molecule has 3 N–H and O–H groups in total. The molecular formula is C15H13BrN2O3. The Kier molecular flexibility index (Phi) is 4.94. The highest BCUT2D eigenvalue weighted by Crippen LogP contribution is 2.17. The van der Waals surface area contributed by atoms with Crippen molar-refractivity contribution in [3.05, 3.63) is 58.6 Å². The van der Waals surface area contributed by atoms with Crippen LogP contribution in [0.15, 0.2) is 53.0 Å². The molecule has 108 valence electrons. The molecule has 0 fully saturated rings. The summed E-state index contributed by atoms with van der Waals surface area (Å²) in [5.74, 6) is -0.297. The van der Waals surface area contributed by atoms with E-state index in [-0.39, 0.29) is 12.5 Å². The highest BCUT2D eigenvalue weighted by Gasteiger charge is 2.07. The molecule has 0 saturated heterocycles. The lowest BCUT2D eigenvalue weighted by atomic mass is 10.2. The van der Waals surface area contributed by atoms with Gasteiger partial charge in [-0.05, 0) is 42.5 Å². The normalized spacial score (nSPS) is 9.95. The van der Waals surface area contributed by atoms with Crippen molar-refractivity contribution in [2.45, 2.75) is 0 Å². The van der Waals surface area contributed by atoms with Crippen LogP contribution in [0.1, 0.15) is 10.4 Å². The first-order chi connectivity index (χ1) is 10.0. The molecule has 2 aromatic rings. The fourth-order valence-electron chi connectivity index (χ4n) is 1.63. The van der Waals surface area contributed by atoms with Crippen LogP contribution in [0.5, 0.6) is 5.75 Å². The van der Waals surface area contributed by atoms with Crippen molar-refractivity contribution in [1.29, 1.82) is 0 Å². The third-order valence-electron chi connectivity index (χ3n) is 2.58. The van der Waals surface area contributed by atoms with Crippen LogP contribution in [-0.2, 0) is 4.79 Å². The van der Waals surface area contributed by atoms with E-state index in [2.05, 4.69) is 21.2 Å². The van der Waals surface area contributed by atoms with Crippen LogP contribution >= 0.6 is 15.9 Å². The summed E-state index contributed by atoms with van der Waals surface area (Å²) in [5, 5.41) is 2.78. The van der Waals surface area contributed by atoms with Crippen molar-refractivity contribution in [3.8, 4) is 5.75 Å². The van der Waals surface area contributed by atoms with E-state index in [0.29, 0.717) is 17.0 Å². The number of primary amides is 1. The fourth-order valence-corrected chi connectivity index (χ4v) is 2.03. The predicted molar refractivity (Wildman–Crippen MR) is 83.2 cm³/mol. The molecule has 6 heteroatoms. The second-order valence-electron chi connectivity index (χ2n) is 4.24. The third-order valence-corrected chi connectivity index (χ3v) is 3.07. The first kappa shape index (κ1) is 15.1. The van der Waals surface area contributed by atoms with Crippen LogP contribution in [0.2, 0.25) is 0 Å². The SMILES string of the molecule is NC(=O)COc1ccc(C(=O)Nc2cccc(Br)c2)cc1. The summed E-state index contributed by atoms with van der Waals surface area (Å²) >= 11 is 3.34. The number of ether oxygens (including phenoxy) is 1. The van der Waals surface area contributed by atoms with Gasteiger partial charge in [0.1, 0.15) is 5.75 Å². The predicted octanol–water partition coefficient (Wildman–Crippen LogP) is 2.57. The van der Waals surface area contributed by atoms with Gasteiger partial charge in [0.15, 0.2) is 6.61 Å². The second-order valence-corrected chi connectivity index (χ2v) is 5.16. The Bertz CT molecular complexity index is 656. The van der Waals surface area contributed by atoms with Crippen LogP contribution in [0, 0.1) is 0 Å². The molecule has 0 bridgehead atoms. The molecule has 21 heavy (non-hydrogen) atoms. The minimum absolute atomic E-state index is 0.191. The van der Waals surface area contributed by atoms with Crippen molar-refractivity contribution >= 4 is 33.4 Å². The Morgan fingerprint density at radius 2 is 1.86 bits per heavy atom. The standard InChI is InChI=1S/C15H13BrN2O3/c16-11-2-1-3-12(8-11)18-15(20)10-4-6-13(7-5-10)21-9-14(17)19/h1-8H,9H2,(H2,17,19)(H,18,20). The molecule has 2 aromatic carbocycles. The van der Waals surface area contributed by atoms with E-state index in [1.54, 1.807) is 30.3 Å². The van der Waals surface area contributed by atoms with E-state index in [1.807, 2.05) is 18.2 Å². The topological polar surface area (TPSA) is 81.4 Å². The second kappa shape index (κ2) is 6.90. The van der Waals surface area contributed by atoms with Crippen LogP contribution in [0.4, 0.5) is 5.69 Å². The maximum Gasteiger partial charge on any atom is 0.255 e. The van der Waals surface area contributed by atoms with Crippen LogP contribution < -0.4 is 15.8 Å². The number of amides is 2. The molecule has 0 unspecified atom stereocenters. The highest BCUT2D eigenvalue weighted by molar-refractivity contribution is 9.10. The smallest absolute Gasteiger partial charge is 0.255 e. The molecule has 0 spiro atoms. The van der Waals surface area contributed by atoms with Gasteiger partial charge in [0.25, 0.3) is 11.8 Å².